The fraction of sp³-hybridized carbons (Fsp3) is 0.458. The number of hydrogen-bond donors (Lipinski definition) is 0. The molecule has 0 unspecified atom stereocenters. The zero-order valence-electron chi connectivity index (χ0n) is 18.3. The first kappa shape index (κ1) is 20.4. The van der Waals surface area contributed by atoms with Gasteiger partial charge in [0.1, 0.15) is 17.0 Å². The second kappa shape index (κ2) is 8.55. The van der Waals surface area contributed by atoms with E-state index in [0.717, 1.165) is 85.1 Å². The molecule has 31 heavy (non-hydrogen) atoms. The fourth-order valence-electron chi connectivity index (χ4n) is 4.81. The van der Waals surface area contributed by atoms with E-state index in [4.69, 9.17) is 0 Å². The van der Waals surface area contributed by atoms with Gasteiger partial charge in [-0.25, -0.2) is 9.97 Å². The van der Waals surface area contributed by atoms with E-state index in [-0.39, 0.29) is 5.91 Å². The monoisotopic (exact) mass is 435 g/mol. The highest BCUT2D eigenvalue weighted by Crippen LogP contribution is 2.37. The minimum atomic E-state index is 0.145. The summed E-state index contributed by atoms with van der Waals surface area (Å²) >= 11 is 1.52. The summed E-state index contributed by atoms with van der Waals surface area (Å²) in [7, 11) is 0. The van der Waals surface area contributed by atoms with Crippen LogP contribution in [0.4, 0.5) is 5.82 Å². The van der Waals surface area contributed by atoms with E-state index in [0.29, 0.717) is 0 Å². The minimum absolute atomic E-state index is 0.145. The average Bonchev–Trinajstić information content (AvgIpc) is 3.15. The molecule has 0 bridgehead atoms. The van der Waals surface area contributed by atoms with Gasteiger partial charge in [0.25, 0.3) is 5.91 Å². The van der Waals surface area contributed by atoms with Crippen LogP contribution in [0.15, 0.2) is 30.6 Å². The molecule has 5 rings (SSSR count). The van der Waals surface area contributed by atoms with Crippen LogP contribution in [0.1, 0.15) is 39.7 Å². The molecule has 2 aromatic heterocycles. The highest BCUT2D eigenvalue weighted by atomic mass is 32.1. The van der Waals surface area contributed by atoms with Crippen LogP contribution in [0.5, 0.6) is 0 Å². The van der Waals surface area contributed by atoms with Gasteiger partial charge >= 0.3 is 0 Å². The second-order valence-electron chi connectivity index (χ2n) is 8.51. The lowest BCUT2D eigenvalue weighted by Crippen LogP contribution is -2.48. The number of aromatic nitrogens is 2. The summed E-state index contributed by atoms with van der Waals surface area (Å²) < 4.78 is 0. The summed E-state index contributed by atoms with van der Waals surface area (Å²) in [5.74, 6) is 1.10. The third-order valence-electron chi connectivity index (χ3n) is 6.53. The Morgan fingerprint density at radius 1 is 1.06 bits per heavy atom. The lowest BCUT2D eigenvalue weighted by Gasteiger charge is -2.34. The normalized spacial score (nSPS) is 17.2. The Kier molecular flexibility index (Phi) is 5.63. The maximum Gasteiger partial charge on any atom is 0.264 e. The predicted molar refractivity (Wildman–Crippen MR) is 126 cm³/mol. The van der Waals surface area contributed by atoms with Gasteiger partial charge in [0.15, 0.2) is 0 Å². The number of carbonyl (C=O) groups is 1. The zero-order valence-corrected chi connectivity index (χ0v) is 19.1. The molecule has 0 radical (unpaired) electrons. The maximum atomic E-state index is 13.4. The number of thiophene rings is 1. The van der Waals surface area contributed by atoms with Gasteiger partial charge in [-0.05, 0) is 43.0 Å². The van der Waals surface area contributed by atoms with E-state index >= 15 is 0 Å². The number of fused-ring (bicyclic) bond motifs is 2. The highest BCUT2D eigenvalue weighted by molar-refractivity contribution is 7.20. The maximum absolute atomic E-state index is 13.4. The number of carbonyl (C=O) groups excluding carboxylic acids is 1. The second-order valence-corrected chi connectivity index (χ2v) is 9.51. The van der Waals surface area contributed by atoms with Gasteiger partial charge in [0.2, 0.25) is 0 Å². The summed E-state index contributed by atoms with van der Waals surface area (Å²) in [6.07, 6.45) is 3.82. The number of amides is 1. The Bertz CT molecular complexity index is 1100. The third-order valence-corrected chi connectivity index (χ3v) is 7.72. The molecule has 7 heteroatoms. The molecule has 2 aliphatic rings. The molecule has 0 N–H and O–H groups in total. The number of benzene rings is 1. The van der Waals surface area contributed by atoms with Crippen molar-refractivity contribution in [1.29, 1.82) is 0 Å². The Morgan fingerprint density at radius 2 is 1.84 bits per heavy atom. The molecular formula is C24H29N5OS. The Balaban J connectivity index is 1.43. The van der Waals surface area contributed by atoms with Gasteiger partial charge in [-0.15, -0.1) is 11.3 Å². The first-order valence-electron chi connectivity index (χ1n) is 11.2. The molecule has 6 nitrogen and oxygen atoms in total. The summed E-state index contributed by atoms with van der Waals surface area (Å²) in [6, 6.07) is 8.63. The number of nitrogens with zero attached hydrogens (tertiary/aromatic N) is 5. The molecule has 0 saturated carbocycles. The fourth-order valence-corrected chi connectivity index (χ4v) is 5.92. The summed E-state index contributed by atoms with van der Waals surface area (Å²) in [6.45, 7) is 10.7. The quantitative estimate of drug-likeness (QED) is 0.625. The SMILES string of the molecule is CCCN1CCN(C(=O)c2sc3ncnc(N4CCc5ccccc5C4)c3c2C)CC1. The summed E-state index contributed by atoms with van der Waals surface area (Å²) in [4.78, 5) is 31.1. The Hall–Kier alpha value is -2.51. The van der Waals surface area contributed by atoms with Crippen molar-refractivity contribution in [3.8, 4) is 0 Å². The summed E-state index contributed by atoms with van der Waals surface area (Å²) in [5.41, 5.74) is 3.80. The zero-order chi connectivity index (χ0) is 21.4. The highest BCUT2D eigenvalue weighted by Gasteiger charge is 2.28. The van der Waals surface area contributed by atoms with Crippen molar-refractivity contribution in [2.75, 3.05) is 44.2 Å². The van der Waals surface area contributed by atoms with E-state index < -0.39 is 0 Å². The van der Waals surface area contributed by atoms with Crippen molar-refractivity contribution < 1.29 is 4.79 Å². The van der Waals surface area contributed by atoms with Crippen LogP contribution in [-0.2, 0) is 13.0 Å². The van der Waals surface area contributed by atoms with E-state index in [9.17, 15) is 4.79 Å². The van der Waals surface area contributed by atoms with E-state index in [1.54, 1.807) is 6.33 Å². The number of aryl methyl sites for hydroxylation is 1. The van der Waals surface area contributed by atoms with Crippen molar-refractivity contribution in [3.63, 3.8) is 0 Å². The van der Waals surface area contributed by atoms with E-state index in [2.05, 4.69) is 57.9 Å². The van der Waals surface area contributed by atoms with Crippen LogP contribution in [0.2, 0.25) is 0 Å². The molecule has 2 aliphatic heterocycles. The largest absolute Gasteiger partial charge is 0.351 e. The van der Waals surface area contributed by atoms with Crippen LogP contribution < -0.4 is 4.90 Å². The van der Waals surface area contributed by atoms with Crippen LogP contribution in [0.3, 0.4) is 0 Å². The van der Waals surface area contributed by atoms with Crippen LogP contribution >= 0.6 is 11.3 Å². The summed E-state index contributed by atoms with van der Waals surface area (Å²) in [5, 5.41) is 1.04. The van der Waals surface area contributed by atoms with E-state index in [1.807, 2.05) is 4.90 Å². The van der Waals surface area contributed by atoms with Crippen LogP contribution in [-0.4, -0.2) is 64.9 Å². The number of hydrogen-bond acceptors (Lipinski definition) is 6. The molecule has 1 fully saturated rings. The molecule has 0 atom stereocenters. The topological polar surface area (TPSA) is 52.6 Å². The Morgan fingerprint density at radius 3 is 2.61 bits per heavy atom. The van der Waals surface area contributed by atoms with Crippen molar-refractivity contribution in [1.82, 2.24) is 19.8 Å². The van der Waals surface area contributed by atoms with Gasteiger partial charge in [-0.2, -0.15) is 0 Å². The van der Waals surface area contributed by atoms with Crippen molar-refractivity contribution in [2.45, 2.75) is 33.2 Å². The molecular weight excluding hydrogens is 406 g/mol. The van der Waals surface area contributed by atoms with Crippen LogP contribution in [0, 0.1) is 6.92 Å². The third kappa shape index (κ3) is 3.81. The van der Waals surface area contributed by atoms with Gasteiger partial charge in [-0.3, -0.25) is 9.69 Å². The van der Waals surface area contributed by atoms with Crippen molar-refractivity contribution in [2.24, 2.45) is 0 Å². The molecule has 4 heterocycles. The lowest BCUT2D eigenvalue weighted by molar-refractivity contribution is 0.0642. The average molecular weight is 436 g/mol. The predicted octanol–water partition coefficient (Wildman–Crippen LogP) is 3.73. The number of piperazine rings is 1. The standard InChI is InChI=1S/C24H29N5OS/c1-3-9-27-11-13-28(14-12-27)24(30)21-17(2)20-22(25-16-26-23(20)31-21)29-10-8-18-6-4-5-7-19(18)15-29/h4-7,16H,3,8-15H2,1-2H3. The number of anilines is 1. The van der Waals surface area contributed by atoms with Gasteiger partial charge in [0.05, 0.1) is 10.3 Å². The molecule has 0 aliphatic carbocycles. The lowest BCUT2D eigenvalue weighted by atomic mass is 9.99. The molecule has 1 aromatic carbocycles. The smallest absolute Gasteiger partial charge is 0.264 e. The molecule has 3 aromatic rings. The van der Waals surface area contributed by atoms with Gasteiger partial charge < -0.3 is 9.80 Å². The molecule has 162 valence electrons. The first-order valence-corrected chi connectivity index (χ1v) is 12.0. The number of rotatable bonds is 4. The van der Waals surface area contributed by atoms with E-state index in [1.165, 1.54) is 22.5 Å². The van der Waals surface area contributed by atoms with Crippen molar-refractivity contribution in [3.05, 3.63) is 52.2 Å². The Labute approximate surface area is 187 Å². The minimum Gasteiger partial charge on any atom is -0.351 e. The molecule has 1 amide bonds. The van der Waals surface area contributed by atoms with Gasteiger partial charge in [0, 0.05) is 39.3 Å². The molecule has 1 saturated heterocycles. The van der Waals surface area contributed by atoms with Crippen molar-refractivity contribution >= 4 is 33.3 Å². The van der Waals surface area contributed by atoms with Gasteiger partial charge in [-0.1, -0.05) is 31.2 Å². The van der Waals surface area contributed by atoms with Crippen LogP contribution in [0.25, 0.3) is 10.2 Å². The first-order chi connectivity index (χ1) is 15.2. The molecule has 0 spiro atoms.